The van der Waals surface area contributed by atoms with Gasteiger partial charge in [0.25, 0.3) is 0 Å². The fourth-order valence-electron chi connectivity index (χ4n) is 3.22. The second kappa shape index (κ2) is 9.23. The van der Waals surface area contributed by atoms with E-state index in [1.54, 1.807) is 0 Å². The van der Waals surface area contributed by atoms with Gasteiger partial charge in [-0.1, -0.05) is 0 Å². The first kappa shape index (κ1) is 18.2. The smallest absolute Gasteiger partial charge is 0.239 e. The van der Waals surface area contributed by atoms with Crippen molar-refractivity contribution in [3.63, 3.8) is 0 Å². The number of hydrogen-bond acceptors (Lipinski definition) is 4. The molecule has 132 valence electrons. The van der Waals surface area contributed by atoms with Crippen molar-refractivity contribution in [2.24, 2.45) is 5.92 Å². The minimum Gasteiger partial charge on any atom is -0.379 e. The van der Waals surface area contributed by atoms with Crippen LogP contribution in [0, 0.1) is 5.92 Å². The molecule has 23 heavy (non-hydrogen) atoms. The lowest BCUT2D eigenvalue weighted by atomic mass is 9.95. The summed E-state index contributed by atoms with van der Waals surface area (Å²) in [5.41, 5.74) is 0. The number of nitrogens with zero attached hydrogens (tertiary/aromatic N) is 1. The van der Waals surface area contributed by atoms with Crippen molar-refractivity contribution < 1.29 is 14.3 Å². The Balaban J connectivity index is 1.61. The summed E-state index contributed by atoms with van der Waals surface area (Å²) in [6.45, 7) is 7.70. The van der Waals surface area contributed by atoms with Gasteiger partial charge in [0.05, 0.1) is 12.1 Å². The molecule has 0 radical (unpaired) electrons. The van der Waals surface area contributed by atoms with E-state index in [9.17, 15) is 9.59 Å². The van der Waals surface area contributed by atoms with Crippen LogP contribution in [-0.4, -0.2) is 61.6 Å². The maximum absolute atomic E-state index is 12.3. The van der Waals surface area contributed by atoms with Crippen LogP contribution in [0.2, 0.25) is 0 Å². The summed E-state index contributed by atoms with van der Waals surface area (Å²) in [4.78, 5) is 26.4. The monoisotopic (exact) mass is 325 g/mol. The van der Waals surface area contributed by atoms with Gasteiger partial charge in [-0.2, -0.15) is 0 Å². The number of amides is 2. The first-order chi connectivity index (χ1) is 11.1. The largest absolute Gasteiger partial charge is 0.379 e. The molecular weight excluding hydrogens is 294 g/mol. The first-order valence-corrected chi connectivity index (χ1v) is 8.99. The minimum absolute atomic E-state index is 0.00123. The van der Waals surface area contributed by atoms with Gasteiger partial charge in [0.15, 0.2) is 0 Å². The van der Waals surface area contributed by atoms with Crippen molar-refractivity contribution in [2.45, 2.75) is 58.1 Å². The zero-order valence-electron chi connectivity index (χ0n) is 14.5. The van der Waals surface area contributed by atoms with Gasteiger partial charge in [0.1, 0.15) is 0 Å². The molecule has 2 heterocycles. The fraction of sp³-hybridized carbons (Fsp3) is 0.882. The van der Waals surface area contributed by atoms with E-state index in [-0.39, 0.29) is 29.9 Å². The molecule has 0 bridgehead atoms. The van der Waals surface area contributed by atoms with Crippen LogP contribution in [0.25, 0.3) is 0 Å². The zero-order chi connectivity index (χ0) is 16.7. The lowest BCUT2D eigenvalue weighted by molar-refractivity contribution is -0.137. The second-order valence-electron chi connectivity index (χ2n) is 6.81. The SMILES string of the molecule is CC(C)OCCCNC(=O)C1CCN(C(=O)C2CCCN2)CC1. The predicted molar refractivity (Wildman–Crippen MR) is 89.0 cm³/mol. The summed E-state index contributed by atoms with van der Waals surface area (Å²) in [5.74, 6) is 0.384. The lowest BCUT2D eigenvalue weighted by Gasteiger charge is -2.33. The lowest BCUT2D eigenvalue weighted by Crippen LogP contribution is -2.48. The Hall–Kier alpha value is -1.14. The number of piperidine rings is 1. The van der Waals surface area contributed by atoms with E-state index >= 15 is 0 Å². The third-order valence-corrected chi connectivity index (χ3v) is 4.61. The van der Waals surface area contributed by atoms with Crippen LogP contribution < -0.4 is 10.6 Å². The van der Waals surface area contributed by atoms with E-state index in [2.05, 4.69) is 10.6 Å². The van der Waals surface area contributed by atoms with Crippen LogP contribution in [0.3, 0.4) is 0 Å². The highest BCUT2D eigenvalue weighted by Crippen LogP contribution is 2.19. The van der Waals surface area contributed by atoms with Gasteiger partial charge in [-0.3, -0.25) is 9.59 Å². The molecule has 0 aromatic carbocycles. The molecule has 2 saturated heterocycles. The van der Waals surface area contributed by atoms with Crippen molar-refractivity contribution in [3.05, 3.63) is 0 Å². The Morgan fingerprint density at radius 2 is 2.00 bits per heavy atom. The highest BCUT2D eigenvalue weighted by Gasteiger charge is 2.31. The Morgan fingerprint density at radius 1 is 1.26 bits per heavy atom. The van der Waals surface area contributed by atoms with Gasteiger partial charge < -0.3 is 20.3 Å². The average molecular weight is 325 g/mol. The second-order valence-corrected chi connectivity index (χ2v) is 6.81. The van der Waals surface area contributed by atoms with Crippen molar-refractivity contribution in [2.75, 3.05) is 32.8 Å². The fourth-order valence-corrected chi connectivity index (χ4v) is 3.22. The predicted octanol–water partition coefficient (Wildman–Crippen LogP) is 0.908. The van der Waals surface area contributed by atoms with Crippen LogP contribution in [-0.2, 0) is 14.3 Å². The molecule has 2 amide bonds. The molecular formula is C17H31N3O3. The molecule has 6 nitrogen and oxygen atoms in total. The summed E-state index contributed by atoms with van der Waals surface area (Å²) in [6, 6.07) is 0.00123. The number of likely N-dealkylation sites (tertiary alicyclic amines) is 1. The standard InChI is InChI=1S/C17H31N3O3/c1-13(2)23-12-4-9-19-16(21)14-6-10-20(11-7-14)17(22)15-5-3-8-18-15/h13-15,18H,3-12H2,1-2H3,(H,19,21). The van der Waals surface area contributed by atoms with E-state index in [0.717, 1.165) is 38.6 Å². The van der Waals surface area contributed by atoms with Crippen LogP contribution in [0.1, 0.15) is 46.0 Å². The van der Waals surface area contributed by atoms with Crippen molar-refractivity contribution in [1.82, 2.24) is 15.5 Å². The molecule has 6 heteroatoms. The molecule has 2 fully saturated rings. The summed E-state index contributed by atoms with van der Waals surface area (Å²) in [5, 5.41) is 6.24. The molecule has 0 spiro atoms. The number of carbonyl (C=O) groups is 2. The molecule has 2 aliphatic heterocycles. The summed E-state index contributed by atoms with van der Waals surface area (Å²) >= 11 is 0. The van der Waals surface area contributed by atoms with E-state index in [4.69, 9.17) is 4.74 Å². The zero-order valence-corrected chi connectivity index (χ0v) is 14.5. The summed E-state index contributed by atoms with van der Waals surface area (Å²) in [7, 11) is 0. The molecule has 1 atom stereocenters. The Bertz CT molecular complexity index is 387. The number of carbonyl (C=O) groups excluding carboxylic acids is 2. The van der Waals surface area contributed by atoms with Gasteiger partial charge in [0.2, 0.25) is 11.8 Å². The van der Waals surface area contributed by atoms with E-state index in [1.807, 2.05) is 18.7 Å². The topological polar surface area (TPSA) is 70.7 Å². The number of ether oxygens (including phenoxy) is 1. The van der Waals surface area contributed by atoms with Crippen molar-refractivity contribution >= 4 is 11.8 Å². The summed E-state index contributed by atoms with van der Waals surface area (Å²) in [6.07, 6.45) is 4.64. The van der Waals surface area contributed by atoms with Crippen LogP contribution in [0.5, 0.6) is 0 Å². The Labute approximate surface area is 139 Å². The molecule has 0 aliphatic carbocycles. The van der Waals surface area contributed by atoms with Gasteiger partial charge in [0, 0.05) is 32.2 Å². The quantitative estimate of drug-likeness (QED) is 0.683. The number of hydrogen-bond donors (Lipinski definition) is 2. The number of rotatable bonds is 7. The van der Waals surface area contributed by atoms with Crippen LogP contribution in [0.4, 0.5) is 0 Å². The minimum atomic E-state index is 0.00123. The van der Waals surface area contributed by atoms with Gasteiger partial charge in [-0.25, -0.2) is 0 Å². The van der Waals surface area contributed by atoms with E-state index in [0.29, 0.717) is 26.2 Å². The normalized spacial score (nSPS) is 22.6. The van der Waals surface area contributed by atoms with Crippen molar-refractivity contribution in [1.29, 1.82) is 0 Å². The maximum Gasteiger partial charge on any atom is 0.239 e. The van der Waals surface area contributed by atoms with Crippen LogP contribution >= 0.6 is 0 Å². The average Bonchev–Trinajstić information content (AvgIpc) is 3.08. The molecule has 0 aromatic rings. The molecule has 2 rings (SSSR count). The first-order valence-electron chi connectivity index (χ1n) is 8.99. The highest BCUT2D eigenvalue weighted by atomic mass is 16.5. The van der Waals surface area contributed by atoms with Gasteiger partial charge in [-0.15, -0.1) is 0 Å². The molecule has 2 aliphatic rings. The maximum atomic E-state index is 12.3. The number of nitrogens with one attached hydrogen (secondary N) is 2. The molecule has 0 aromatic heterocycles. The van der Waals surface area contributed by atoms with Gasteiger partial charge >= 0.3 is 0 Å². The third kappa shape index (κ3) is 5.77. The molecule has 1 unspecified atom stereocenters. The Morgan fingerprint density at radius 3 is 2.61 bits per heavy atom. The van der Waals surface area contributed by atoms with Gasteiger partial charge in [-0.05, 0) is 52.5 Å². The molecule has 0 saturated carbocycles. The van der Waals surface area contributed by atoms with E-state index in [1.165, 1.54) is 0 Å². The highest BCUT2D eigenvalue weighted by molar-refractivity contribution is 5.83. The third-order valence-electron chi connectivity index (χ3n) is 4.61. The Kier molecular flexibility index (Phi) is 7.30. The van der Waals surface area contributed by atoms with Crippen LogP contribution in [0.15, 0.2) is 0 Å². The molecule has 2 N–H and O–H groups in total. The summed E-state index contributed by atoms with van der Waals surface area (Å²) < 4.78 is 5.46. The van der Waals surface area contributed by atoms with Crippen molar-refractivity contribution in [3.8, 4) is 0 Å². The van der Waals surface area contributed by atoms with E-state index < -0.39 is 0 Å².